The maximum Gasteiger partial charge on any atom is 0.319 e. The van der Waals surface area contributed by atoms with Crippen LogP contribution in [0.15, 0.2) is 59.5 Å². The van der Waals surface area contributed by atoms with E-state index in [1.54, 1.807) is 30.3 Å². The minimum Gasteiger partial charge on any atom is -0.505 e. The highest BCUT2D eigenvalue weighted by Gasteiger charge is 2.21. The Hall–Kier alpha value is -3.78. The molecule has 2 aromatic carbocycles. The first-order valence-electron chi connectivity index (χ1n) is 11.3. The zero-order valence-corrected chi connectivity index (χ0v) is 20.3. The summed E-state index contributed by atoms with van der Waals surface area (Å²) in [5, 5.41) is 25.1. The summed E-state index contributed by atoms with van der Waals surface area (Å²) in [6, 6.07) is 12.3. The number of pyridine rings is 1. The van der Waals surface area contributed by atoms with E-state index >= 15 is 0 Å². The van der Waals surface area contributed by atoms with Crippen molar-refractivity contribution in [3.63, 3.8) is 0 Å². The van der Waals surface area contributed by atoms with E-state index in [1.165, 1.54) is 16.8 Å². The molecule has 35 heavy (non-hydrogen) atoms. The number of carboxylic acid groups (broad SMARTS) is 1. The van der Waals surface area contributed by atoms with Gasteiger partial charge in [0, 0.05) is 11.2 Å². The number of aromatic nitrogens is 1. The van der Waals surface area contributed by atoms with Gasteiger partial charge in [-0.15, -0.1) is 0 Å². The van der Waals surface area contributed by atoms with Gasteiger partial charge < -0.3 is 25.4 Å². The van der Waals surface area contributed by atoms with Crippen molar-refractivity contribution in [2.75, 3.05) is 5.32 Å². The minimum atomic E-state index is -1.09. The number of nitrogens with one attached hydrogen (secondary N) is 2. The normalized spacial score (nSPS) is 11.6. The van der Waals surface area contributed by atoms with Crippen molar-refractivity contribution in [3.05, 3.63) is 92.4 Å². The molecular weight excluding hydrogens is 470 g/mol. The van der Waals surface area contributed by atoms with Crippen molar-refractivity contribution in [1.29, 1.82) is 0 Å². The van der Waals surface area contributed by atoms with Crippen LogP contribution in [0.25, 0.3) is 0 Å². The molecule has 0 saturated carbocycles. The molecule has 8 nitrogen and oxygen atoms in total. The third kappa shape index (κ3) is 6.42. The molecule has 184 valence electrons. The highest BCUT2D eigenvalue weighted by molar-refractivity contribution is 6.31. The van der Waals surface area contributed by atoms with Gasteiger partial charge in [-0.3, -0.25) is 9.59 Å². The molecule has 0 radical (unpaired) electrons. The van der Waals surface area contributed by atoms with Gasteiger partial charge in [0.15, 0.2) is 5.69 Å². The average Bonchev–Trinajstić information content (AvgIpc) is 2.83. The summed E-state index contributed by atoms with van der Waals surface area (Å²) >= 11 is 6.19. The summed E-state index contributed by atoms with van der Waals surface area (Å²) in [5.74, 6) is -1.49. The van der Waals surface area contributed by atoms with Crippen LogP contribution in [0.1, 0.15) is 48.6 Å². The van der Waals surface area contributed by atoms with Crippen molar-refractivity contribution in [1.82, 2.24) is 9.88 Å². The van der Waals surface area contributed by atoms with Gasteiger partial charge in [-0.2, -0.15) is 0 Å². The Balaban J connectivity index is 1.84. The SMILES string of the molecule is CCc1ccc([C@H](CC(=O)O)NC(=O)Nc2c(O)ccn(Cc3ccccc3Cl)c2=O)cc1CC. The van der Waals surface area contributed by atoms with Crippen molar-refractivity contribution < 1.29 is 19.8 Å². The van der Waals surface area contributed by atoms with Gasteiger partial charge in [-0.25, -0.2) is 4.79 Å². The Labute approximate surface area is 208 Å². The zero-order valence-electron chi connectivity index (χ0n) is 19.5. The number of aromatic hydroxyl groups is 1. The predicted molar refractivity (Wildman–Crippen MR) is 135 cm³/mol. The maximum absolute atomic E-state index is 13.0. The second kappa shape index (κ2) is 11.6. The minimum absolute atomic E-state index is 0.139. The fourth-order valence-electron chi connectivity index (χ4n) is 3.89. The van der Waals surface area contributed by atoms with Crippen molar-refractivity contribution in [2.45, 2.75) is 45.7 Å². The van der Waals surface area contributed by atoms with Crippen LogP contribution in [-0.2, 0) is 24.2 Å². The van der Waals surface area contributed by atoms with Crippen molar-refractivity contribution >= 4 is 29.3 Å². The lowest BCUT2D eigenvalue weighted by Gasteiger charge is -2.20. The Kier molecular flexibility index (Phi) is 8.54. The first kappa shape index (κ1) is 25.8. The molecule has 1 atom stereocenters. The molecule has 3 aromatic rings. The molecule has 1 heterocycles. The number of nitrogens with zero attached hydrogens (tertiary/aromatic N) is 1. The van der Waals surface area contributed by atoms with Gasteiger partial charge in [-0.1, -0.05) is 61.8 Å². The van der Waals surface area contributed by atoms with Gasteiger partial charge in [0.1, 0.15) is 5.75 Å². The number of anilines is 1. The Morgan fingerprint density at radius 2 is 1.74 bits per heavy atom. The number of carboxylic acids is 1. The highest BCUT2D eigenvalue weighted by atomic mass is 35.5. The smallest absolute Gasteiger partial charge is 0.319 e. The van der Waals surface area contributed by atoms with Gasteiger partial charge in [0.25, 0.3) is 5.56 Å². The molecule has 0 saturated heterocycles. The van der Waals surface area contributed by atoms with Crippen molar-refractivity contribution in [3.8, 4) is 5.75 Å². The maximum atomic E-state index is 13.0. The second-order valence-corrected chi connectivity index (χ2v) is 8.49. The molecular formula is C26H28ClN3O5. The number of aliphatic carboxylic acids is 1. The van der Waals surface area contributed by atoms with E-state index in [1.807, 2.05) is 26.0 Å². The second-order valence-electron chi connectivity index (χ2n) is 8.08. The fraction of sp³-hybridized carbons (Fsp3) is 0.269. The first-order chi connectivity index (χ1) is 16.7. The van der Waals surface area contributed by atoms with Crippen LogP contribution in [0.5, 0.6) is 5.75 Å². The van der Waals surface area contributed by atoms with E-state index in [0.29, 0.717) is 16.1 Å². The van der Waals surface area contributed by atoms with Gasteiger partial charge in [-0.05, 0) is 47.2 Å². The molecule has 0 aliphatic carbocycles. The van der Waals surface area contributed by atoms with E-state index < -0.39 is 29.4 Å². The van der Waals surface area contributed by atoms with Gasteiger partial charge in [0.05, 0.1) is 19.0 Å². The number of halogens is 1. The Morgan fingerprint density at radius 3 is 2.40 bits per heavy atom. The molecule has 2 amide bonds. The lowest BCUT2D eigenvalue weighted by molar-refractivity contribution is -0.137. The van der Waals surface area contributed by atoms with E-state index in [0.717, 1.165) is 24.0 Å². The highest BCUT2D eigenvalue weighted by Crippen LogP contribution is 2.23. The third-order valence-electron chi connectivity index (χ3n) is 5.76. The molecule has 0 bridgehead atoms. The molecule has 0 aliphatic rings. The summed E-state index contributed by atoms with van der Waals surface area (Å²) < 4.78 is 1.31. The van der Waals surface area contributed by atoms with E-state index in [2.05, 4.69) is 10.6 Å². The van der Waals surface area contributed by atoms with Crippen LogP contribution in [0.2, 0.25) is 5.02 Å². The van der Waals surface area contributed by atoms with Crippen LogP contribution in [0.3, 0.4) is 0 Å². The fourth-order valence-corrected chi connectivity index (χ4v) is 4.08. The summed E-state index contributed by atoms with van der Waals surface area (Å²) in [7, 11) is 0. The van der Waals surface area contributed by atoms with Crippen LogP contribution in [-0.4, -0.2) is 26.8 Å². The summed E-state index contributed by atoms with van der Waals surface area (Å²) in [6.45, 7) is 4.19. The monoisotopic (exact) mass is 497 g/mol. The van der Waals surface area contributed by atoms with E-state index in [-0.39, 0.29) is 18.7 Å². The number of hydrogen-bond acceptors (Lipinski definition) is 4. The molecule has 4 N–H and O–H groups in total. The standard InChI is InChI=1S/C26H28ClN3O5/c1-3-16-9-10-18(13-17(16)4-2)21(14-23(32)33)28-26(35)29-24-22(31)11-12-30(25(24)34)15-19-7-5-6-8-20(19)27/h5-13,21,31H,3-4,14-15H2,1-2H3,(H,32,33)(H2,28,29,35)/t21-/m0/s1. The number of carbonyl (C=O) groups is 2. The lowest BCUT2D eigenvalue weighted by atomic mass is 9.95. The third-order valence-corrected chi connectivity index (χ3v) is 6.13. The largest absolute Gasteiger partial charge is 0.505 e. The van der Waals surface area contributed by atoms with Gasteiger partial charge in [0.2, 0.25) is 0 Å². The number of rotatable bonds is 9. The summed E-state index contributed by atoms with van der Waals surface area (Å²) in [6.07, 6.45) is 2.67. The van der Waals surface area contributed by atoms with E-state index in [9.17, 15) is 24.6 Å². The molecule has 1 aromatic heterocycles. The van der Waals surface area contributed by atoms with Gasteiger partial charge >= 0.3 is 12.0 Å². The predicted octanol–water partition coefficient (Wildman–Crippen LogP) is 4.72. The zero-order chi connectivity index (χ0) is 25.5. The summed E-state index contributed by atoms with van der Waals surface area (Å²) in [5.41, 5.74) is 2.62. The van der Waals surface area contributed by atoms with Crippen LogP contribution in [0.4, 0.5) is 10.5 Å². The number of urea groups is 1. The number of amides is 2. The number of hydrogen-bond donors (Lipinski definition) is 4. The first-order valence-corrected chi connectivity index (χ1v) is 11.7. The Morgan fingerprint density at radius 1 is 1.03 bits per heavy atom. The molecule has 3 rings (SSSR count). The molecule has 9 heteroatoms. The average molecular weight is 498 g/mol. The van der Waals surface area contributed by atoms with Crippen LogP contribution < -0.4 is 16.2 Å². The van der Waals surface area contributed by atoms with Crippen molar-refractivity contribution in [2.24, 2.45) is 0 Å². The molecule has 0 unspecified atom stereocenters. The molecule has 0 spiro atoms. The lowest BCUT2D eigenvalue weighted by Crippen LogP contribution is -2.36. The number of aryl methyl sites for hydroxylation is 2. The Bertz CT molecular complexity index is 1290. The molecule has 0 fully saturated rings. The van der Waals surface area contributed by atoms with Crippen LogP contribution in [0, 0.1) is 0 Å². The van der Waals surface area contributed by atoms with Crippen LogP contribution >= 0.6 is 11.6 Å². The van der Waals surface area contributed by atoms with E-state index in [4.69, 9.17) is 11.6 Å². The number of benzene rings is 2. The summed E-state index contributed by atoms with van der Waals surface area (Å²) in [4.78, 5) is 37.2. The molecule has 0 aliphatic heterocycles. The topological polar surface area (TPSA) is 121 Å². The quantitative estimate of drug-likeness (QED) is 0.341. The number of carbonyl (C=O) groups excluding carboxylic acids is 1.